The molecule has 0 saturated carbocycles. The molecule has 1 aromatic rings. The van der Waals surface area contributed by atoms with Crippen molar-refractivity contribution in [3.8, 4) is 5.75 Å². The van der Waals surface area contributed by atoms with Gasteiger partial charge in [0.15, 0.2) is 0 Å². The number of carbonyl (C=O) groups excluding carboxylic acids is 2. The third-order valence-corrected chi connectivity index (χ3v) is 2.58. The molecule has 0 aliphatic carbocycles. The molecule has 0 aromatic heterocycles. The Morgan fingerprint density at radius 1 is 1.29 bits per heavy atom. The monoisotopic (exact) mass is 321 g/mol. The van der Waals surface area contributed by atoms with Crippen molar-refractivity contribution in [1.82, 2.24) is 10.6 Å². The van der Waals surface area contributed by atoms with Crippen molar-refractivity contribution < 1.29 is 23.1 Å². The third-order valence-electron chi connectivity index (χ3n) is 2.35. The topological polar surface area (TPSA) is 93.5 Å². The smallest absolute Gasteiger partial charge is 0.387 e. The van der Waals surface area contributed by atoms with Gasteiger partial charge in [-0.2, -0.15) is 8.78 Å². The lowest BCUT2D eigenvalue weighted by Gasteiger charge is -2.12. The highest BCUT2D eigenvalue weighted by Gasteiger charge is 2.11. The van der Waals surface area contributed by atoms with Gasteiger partial charge in [0.05, 0.1) is 13.1 Å². The Kier molecular flexibility index (Phi) is 6.83. The van der Waals surface area contributed by atoms with Crippen LogP contribution in [0.15, 0.2) is 18.2 Å². The first-order valence-corrected chi connectivity index (χ1v) is 6.27. The van der Waals surface area contributed by atoms with Crippen LogP contribution in [0.5, 0.6) is 5.75 Å². The Labute approximate surface area is 124 Å². The van der Waals surface area contributed by atoms with Crippen LogP contribution in [-0.2, 0) is 16.1 Å². The van der Waals surface area contributed by atoms with E-state index in [1.54, 1.807) is 0 Å². The minimum Gasteiger partial charge on any atom is -0.434 e. The summed E-state index contributed by atoms with van der Waals surface area (Å²) >= 11 is 5.76. The van der Waals surface area contributed by atoms with Crippen LogP contribution in [-0.4, -0.2) is 31.5 Å². The Morgan fingerprint density at radius 3 is 2.62 bits per heavy atom. The molecule has 0 bridgehead atoms. The fourth-order valence-electron chi connectivity index (χ4n) is 1.40. The number of halogens is 3. The van der Waals surface area contributed by atoms with Gasteiger partial charge in [-0.3, -0.25) is 9.59 Å². The average molecular weight is 322 g/mol. The van der Waals surface area contributed by atoms with Crippen molar-refractivity contribution >= 4 is 23.4 Å². The first-order chi connectivity index (χ1) is 9.92. The molecule has 2 amide bonds. The number of alkyl halides is 2. The molecule has 0 saturated heterocycles. The Balaban J connectivity index is 2.59. The van der Waals surface area contributed by atoms with Crippen LogP contribution in [0, 0.1) is 0 Å². The second kappa shape index (κ2) is 8.38. The van der Waals surface area contributed by atoms with E-state index in [4.69, 9.17) is 17.3 Å². The average Bonchev–Trinajstić information content (AvgIpc) is 2.44. The summed E-state index contributed by atoms with van der Waals surface area (Å²) in [6, 6.07) is 4.08. The highest BCUT2D eigenvalue weighted by atomic mass is 35.5. The zero-order chi connectivity index (χ0) is 15.8. The number of rotatable bonds is 7. The second-order valence-corrected chi connectivity index (χ2v) is 4.32. The molecule has 116 valence electrons. The van der Waals surface area contributed by atoms with E-state index in [9.17, 15) is 18.4 Å². The van der Waals surface area contributed by atoms with E-state index in [-0.39, 0.29) is 25.4 Å². The number of amides is 2. The van der Waals surface area contributed by atoms with Crippen molar-refractivity contribution in [1.29, 1.82) is 0 Å². The van der Waals surface area contributed by atoms with Crippen LogP contribution >= 0.6 is 11.6 Å². The predicted molar refractivity (Wildman–Crippen MR) is 72.0 cm³/mol. The summed E-state index contributed by atoms with van der Waals surface area (Å²) in [4.78, 5) is 22.3. The summed E-state index contributed by atoms with van der Waals surface area (Å²) in [5.41, 5.74) is 5.35. The lowest BCUT2D eigenvalue weighted by molar-refractivity contribution is -0.125. The van der Waals surface area contributed by atoms with Crippen molar-refractivity contribution in [2.75, 3.05) is 13.1 Å². The zero-order valence-corrected chi connectivity index (χ0v) is 11.6. The van der Waals surface area contributed by atoms with Crippen molar-refractivity contribution in [3.05, 3.63) is 28.8 Å². The molecule has 0 fully saturated rings. The molecule has 0 atom stereocenters. The van der Waals surface area contributed by atoms with E-state index < -0.39 is 18.4 Å². The van der Waals surface area contributed by atoms with E-state index in [1.165, 1.54) is 18.2 Å². The molecule has 0 aliphatic heterocycles. The van der Waals surface area contributed by atoms with Crippen LogP contribution in [0.1, 0.15) is 5.56 Å². The van der Waals surface area contributed by atoms with Gasteiger partial charge in [-0.25, -0.2) is 0 Å². The highest BCUT2D eigenvalue weighted by Crippen LogP contribution is 2.24. The van der Waals surface area contributed by atoms with Gasteiger partial charge in [0.1, 0.15) is 5.75 Å². The van der Waals surface area contributed by atoms with Gasteiger partial charge in [-0.1, -0.05) is 11.6 Å². The maximum absolute atomic E-state index is 12.2. The normalized spacial score (nSPS) is 10.3. The minimum absolute atomic E-state index is 0.0695. The molecule has 9 heteroatoms. The molecule has 4 N–H and O–H groups in total. The SMILES string of the molecule is NCC(=O)NCC(=O)NCc1cc(Cl)ccc1OC(F)F. The molecule has 0 heterocycles. The lowest BCUT2D eigenvalue weighted by atomic mass is 10.2. The summed E-state index contributed by atoms with van der Waals surface area (Å²) < 4.78 is 28.8. The molecule has 0 aliphatic rings. The summed E-state index contributed by atoms with van der Waals surface area (Å²) in [6.45, 7) is -3.54. The number of nitrogens with two attached hydrogens (primary N) is 1. The molecule has 1 aromatic carbocycles. The van der Waals surface area contributed by atoms with E-state index in [0.29, 0.717) is 10.6 Å². The van der Waals surface area contributed by atoms with Gasteiger partial charge < -0.3 is 21.1 Å². The molecule has 21 heavy (non-hydrogen) atoms. The molecule has 6 nitrogen and oxygen atoms in total. The minimum atomic E-state index is -2.98. The van der Waals surface area contributed by atoms with Gasteiger partial charge in [-0.05, 0) is 18.2 Å². The van der Waals surface area contributed by atoms with Crippen LogP contribution in [0.4, 0.5) is 8.78 Å². The molecular formula is C12H14ClF2N3O3. The van der Waals surface area contributed by atoms with E-state index in [0.717, 1.165) is 0 Å². The molecule has 0 unspecified atom stereocenters. The molecule has 1 rings (SSSR count). The largest absolute Gasteiger partial charge is 0.434 e. The fourth-order valence-corrected chi connectivity index (χ4v) is 1.60. The maximum Gasteiger partial charge on any atom is 0.387 e. The van der Waals surface area contributed by atoms with E-state index in [1.807, 2.05) is 0 Å². The van der Waals surface area contributed by atoms with Crippen LogP contribution in [0.25, 0.3) is 0 Å². The number of hydrogen-bond donors (Lipinski definition) is 3. The van der Waals surface area contributed by atoms with Crippen LogP contribution in [0.2, 0.25) is 5.02 Å². The first-order valence-electron chi connectivity index (χ1n) is 5.89. The van der Waals surface area contributed by atoms with Crippen molar-refractivity contribution in [2.45, 2.75) is 13.2 Å². The van der Waals surface area contributed by atoms with Gasteiger partial charge in [-0.15, -0.1) is 0 Å². The standard InChI is InChI=1S/C12H14ClF2N3O3/c13-8-1-2-9(21-12(14)15)7(3-8)5-17-11(20)6-18-10(19)4-16/h1-3,12H,4-6,16H2,(H,17,20)(H,18,19). The van der Waals surface area contributed by atoms with Gasteiger partial charge in [0.25, 0.3) is 0 Å². The zero-order valence-electron chi connectivity index (χ0n) is 10.9. The number of hydrogen-bond acceptors (Lipinski definition) is 4. The quantitative estimate of drug-likeness (QED) is 0.687. The molecular weight excluding hydrogens is 308 g/mol. The summed E-state index contributed by atoms with van der Waals surface area (Å²) in [7, 11) is 0. The summed E-state index contributed by atoms with van der Waals surface area (Å²) in [5, 5.41) is 5.03. The number of carbonyl (C=O) groups is 2. The predicted octanol–water partition coefficient (Wildman–Crippen LogP) is 0.632. The molecule has 0 spiro atoms. The Bertz CT molecular complexity index is 515. The van der Waals surface area contributed by atoms with Gasteiger partial charge in [0.2, 0.25) is 11.8 Å². The van der Waals surface area contributed by atoms with Crippen LogP contribution in [0.3, 0.4) is 0 Å². The first kappa shape index (κ1) is 17.1. The highest BCUT2D eigenvalue weighted by molar-refractivity contribution is 6.30. The van der Waals surface area contributed by atoms with Gasteiger partial charge in [0, 0.05) is 17.1 Å². The number of ether oxygens (including phenoxy) is 1. The van der Waals surface area contributed by atoms with E-state index >= 15 is 0 Å². The van der Waals surface area contributed by atoms with Crippen molar-refractivity contribution in [3.63, 3.8) is 0 Å². The van der Waals surface area contributed by atoms with Crippen molar-refractivity contribution in [2.24, 2.45) is 5.73 Å². The van der Waals surface area contributed by atoms with E-state index in [2.05, 4.69) is 15.4 Å². The maximum atomic E-state index is 12.2. The number of benzene rings is 1. The molecule has 0 radical (unpaired) electrons. The summed E-state index contributed by atoms with van der Waals surface area (Å²) in [5.74, 6) is -1.06. The Morgan fingerprint density at radius 2 is 2.00 bits per heavy atom. The van der Waals surface area contributed by atoms with Gasteiger partial charge >= 0.3 is 6.61 Å². The lowest BCUT2D eigenvalue weighted by Crippen LogP contribution is -2.39. The Hall–Kier alpha value is -1.93. The number of nitrogens with one attached hydrogen (secondary N) is 2. The fraction of sp³-hybridized carbons (Fsp3) is 0.333. The second-order valence-electron chi connectivity index (χ2n) is 3.89. The van der Waals surface area contributed by atoms with Crippen LogP contribution < -0.4 is 21.1 Å². The third kappa shape index (κ3) is 6.37. The summed E-state index contributed by atoms with van der Waals surface area (Å²) in [6.07, 6.45) is 0.